The van der Waals surface area contributed by atoms with E-state index in [2.05, 4.69) is 31.7 Å². The summed E-state index contributed by atoms with van der Waals surface area (Å²) in [5.41, 5.74) is 3.96. The molecule has 0 saturated carbocycles. The van der Waals surface area contributed by atoms with Gasteiger partial charge < -0.3 is 10.6 Å². The molecule has 2 aromatic heterocycles. The number of anilines is 2. The fourth-order valence-corrected chi connectivity index (χ4v) is 3.50. The number of nitrogens with zero attached hydrogens (tertiary/aromatic N) is 3. The van der Waals surface area contributed by atoms with E-state index >= 15 is 0 Å². The molecule has 6 nitrogen and oxygen atoms in total. The fraction of sp³-hybridized carbons (Fsp3) is 0.333. The third-order valence-electron chi connectivity index (χ3n) is 3.64. The number of thiazole rings is 1. The molecule has 2 N–H and O–H groups in total. The van der Waals surface area contributed by atoms with E-state index < -0.39 is 0 Å². The fourth-order valence-electron chi connectivity index (χ4n) is 2.52. The predicted molar refractivity (Wildman–Crippen MR) is 102 cm³/mol. The number of aromatic nitrogens is 3. The Morgan fingerprint density at radius 3 is 2.60 bits per heavy atom. The molecule has 1 amide bonds. The lowest BCUT2D eigenvalue weighted by molar-refractivity contribution is -0.116. The van der Waals surface area contributed by atoms with Crippen LogP contribution in [0.1, 0.15) is 29.8 Å². The van der Waals surface area contributed by atoms with Gasteiger partial charge in [-0.15, -0.1) is 0 Å². The van der Waals surface area contributed by atoms with E-state index in [0.29, 0.717) is 30.5 Å². The molecule has 0 aliphatic heterocycles. The Kier molecular flexibility index (Phi) is 5.23. The van der Waals surface area contributed by atoms with E-state index in [4.69, 9.17) is 0 Å². The van der Waals surface area contributed by atoms with Gasteiger partial charge in [-0.2, -0.15) is 0 Å². The van der Waals surface area contributed by atoms with Gasteiger partial charge in [-0.25, -0.2) is 15.0 Å². The zero-order valence-corrected chi connectivity index (χ0v) is 15.4. The second-order valence-electron chi connectivity index (χ2n) is 6.04. The lowest BCUT2D eigenvalue weighted by atomic mass is 10.2. The SMILES string of the molecule is Cc1ccc2nc(NC(=O)CCCNc3nc(C)cc(C)n3)sc2c1. The van der Waals surface area contributed by atoms with Gasteiger partial charge in [-0.3, -0.25) is 4.79 Å². The number of hydrogen-bond acceptors (Lipinski definition) is 6. The van der Waals surface area contributed by atoms with E-state index in [0.717, 1.165) is 21.6 Å². The number of rotatable bonds is 6. The van der Waals surface area contributed by atoms with Crippen molar-refractivity contribution >= 4 is 38.5 Å². The molecular weight excluding hydrogens is 334 g/mol. The van der Waals surface area contributed by atoms with Crippen LogP contribution in [0.15, 0.2) is 24.3 Å². The number of amides is 1. The van der Waals surface area contributed by atoms with Crippen molar-refractivity contribution < 1.29 is 4.79 Å². The zero-order chi connectivity index (χ0) is 17.8. The van der Waals surface area contributed by atoms with Gasteiger partial charge >= 0.3 is 0 Å². The number of carbonyl (C=O) groups excluding carboxylic acids is 1. The molecule has 25 heavy (non-hydrogen) atoms. The highest BCUT2D eigenvalue weighted by molar-refractivity contribution is 7.22. The summed E-state index contributed by atoms with van der Waals surface area (Å²) in [5.74, 6) is 0.582. The van der Waals surface area contributed by atoms with Gasteiger partial charge in [0.25, 0.3) is 0 Å². The highest BCUT2D eigenvalue weighted by Gasteiger charge is 2.08. The Bertz CT molecular complexity index is 885. The van der Waals surface area contributed by atoms with Gasteiger partial charge in [-0.1, -0.05) is 17.4 Å². The molecule has 0 radical (unpaired) electrons. The first-order chi connectivity index (χ1) is 12.0. The summed E-state index contributed by atoms with van der Waals surface area (Å²) in [6.45, 7) is 6.57. The van der Waals surface area contributed by atoms with Crippen molar-refractivity contribution in [3.05, 3.63) is 41.2 Å². The van der Waals surface area contributed by atoms with Crippen LogP contribution in [-0.4, -0.2) is 27.4 Å². The summed E-state index contributed by atoms with van der Waals surface area (Å²) >= 11 is 1.50. The van der Waals surface area contributed by atoms with Crippen molar-refractivity contribution in [1.29, 1.82) is 0 Å². The predicted octanol–water partition coefficient (Wildman–Crippen LogP) is 3.84. The van der Waals surface area contributed by atoms with Crippen LogP contribution < -0.4 is 10.6 Å². The molecule has 2 heterocycles. The lowest BCUT2D eigenvalue weighted by Crippen LogP contribution is -2.14. The highest BCUT2D eigenvalue weighted by Crippen LogP contribution is 2.26. The van der Waals surface area contributed by atoms with E-state index in [1.807, 2.05) is 39.0 Å². The number of carbonyl (C=O) groups is 1. The average Bonchev–Trinajstić information content (AvgIpc) is 2.92. The van der Waals surface area contributed by atoms with E-state index in [1.54, 1.807) is 0 Å². The second kappa shape index (κ2) is 7.57. The monoisotopic (exact) mass is 355 g/mol. The number of benzene rings is 1. The number of hydrogen-bond donors (Lipinski definition) is 2. The number of aryl methyl sites for hydroxylation is 3. The summed E-state index contributed by atoms with van der Waals surface area (Å²) in [5, 5.41) is 6.68. The van der Waals surface area contributed by atoms with Gasteiger partial charge in [0, 0.05) is 24.4 Å². The third-order valence-corrected chi connectivity index (χ3v) is 4.57. The Balaban J connectivity index is 1.47. The highest BCUT2D eigenvalue weighted by atomic mass is 32.1. The van der Waals surface area contributed by atoms with E-state index in [9.17, 15) is 4.79 Å². The number of fused-ring (bicyclic) bond motifs is 1. The summed E-state index contributed by atoms with van der Waals surface area (Å²) in [6, 6.07) is 8.01. The molecule has 130 valence electrons. The maximum atomic E-state index is 12.1. The minimum absolute atomic E-state index is 0.0288. The quantitative estimate of drug-likeness (QED) is 0.657. The Hall–Kier alpha value is -2.54. The van der Waals surface area contributed by atoms with Gasteiger partial charge in [0.2, 0.25) is 11.9 Å². The van der Waals surface area contributed by atoms with Crippen molar-refractivity contribution in [1.82, 2.24) is 15.0 Å². The molecule has 0 spiro atoms. The molecule has 0 aliphatic rings. The molecule has 0 bridgehead atoms. The Morgan fingerprint density at radius 2 is 1.84 bits per heavy atom. The molecule has 1 aromatic carbocycles. The Morgan fingerprint density at radius 1 is 1.08 bits per heavy atom. The van der Waals surface area contributed by atoms with Crippen molar-refractivity contribution in [3.8, 4) is 0 Å². The molecule has 0 aliphatic carbocycles. The molecule has 3 rings (SSSR count). The molecule has 0 saturated heterocycles. The molecular formula is C18H21N5OS. The molecule has 0 fully saturated rings. The van der Waals surface area contributed by atoms with Crippen LogP contribution >= 0.6 is 11.3 Å². The van der Waals surface area contributed by atoms with Crippen LogP contribution in [-0.2, 0) is 4.79 Å². The maximum Gasteiger partial charge on any atom is 0.226 e. The van der Waals surface area contributed by atoms with Crippen LogP contribution in [0.5, 0.6) is 0 Å². The first kappa shape index (κ1) is 17.3. The van der Waals surface area contributed by atoms with Crippen molar-refractivity contribution in [2.45, 2.75) is 33.6 Å². The molecule has 0 atom stereocenters. The Labute approximate surface area is 150 Å². The van der Waals surface area contributed by atoms with Gasteiger partial charge in [-0.05, 0) is 51.0 Å². The summed E-state index contributed by atoms with van der Waals surface area (Å²) in [6.07, 6.45) is 1.12. The summed E-state index contributed by atoms with van der Waals surface area (Å²) < 4.78 is 1.09. The molecule has 3 aromatic rings. The number of nitrogens with one attached hydrogen (secondary N) is 2. The van der Waals surface area contributed by atoms with Crippen molar-refractivity contribution in [3.63, 3.8) is 0 Å². The van der Waals surface area contributed by atoms with Crippen LogP contribution in [0.4, 0.5) is 11.1 Å². The standard InChI is InChI=1S/C18H21N5OS/c1-11-6-7-14-15(9-11)25-18(22-14)23-16(24)5-4-8-19-17-20-12(2)10-13(3)21-17/h6-7,9-10H,4-5,8H2,1-3H3,(H,19,20,21)(H,22,23,24). The lowest BCUT2D eigenvalue weighted by Gasteiger charge is -2.06. The van der Waals surface area contributed by atoms with Crippen LogP contribution in [0.3, 0.4) is 0 Å². The maximum absolute atomic E-state index is 12.1. The molecule has 0 unspecified atom stereocenters. The van der Waals surface area contributed by atoms with Gasteiger partial charge in [0.1, 0.15) is 0 Å². The minimum atomic E-state index is -0.0288. The zero-order valence-electron chi connectivity index (χ0n) is 14.6. The first-order valence-corrected chi connectivity index (χ1v) is 9.04. The second-order valence-corrected chi connectivity index (χ2v) is 7.07. The summed E-state index contributed by atoms with van der Waals surface area (Å²) in [7, 11) is 0. The van der Waals surface area contributed by atoms with E-state index in [-0.39, 0.29) is 5.91 Å². The normalized spacial score (nSPS) is 10.8. The van der Waals surface area contributed by atoms with Gasteiger partial charge in [0.15, 0.2) is 5.13 Å². The van der Waals surface area contributed by atoms with Crippen LogP contribution in [0, 0.1) is 20.8 Å². The summed E-state index contributed by atoms with van der Waals surface area (Å²) in [4.78, 5) is 25.1. The van der Waals surface area contributed by atoms with E-state index in [1.165, 1.54) is 16.9 Å². The van der Waals surface area contributed by atoms with Gasteiger partial charge in [0.05, 0.1) is 10.2 Å². The minimum Gasteiger partial charge on any atom is -0.354 e. The smallest absolute Gasteiger partial charge is 0.226 e. The van der Waals surface area contributed by atoms with Crippen LogP contribution in [0.2, 0.25) is 0 Å². The van der Waals surface area contributed by atoms with Crippen LogP contribution in [0.25, 0.3) is 10.2 Å². The molecule has 7 heteroatoms. The van der Waals surface area contributed by atoms with Crippen molar-refractivity contribution in [2.75, 3.05) is 17.2 Å². The largest absolute Gasteiger partial charge is 0.354 e. The topological polar surface area (TPSA) is 79.8 Å². The third kappa shape index (κ3) is 4.73. The first-order valence-electron chi connectivity index (χ1n) is 8.23. The van der Waals surface area contributed by atoms with Crippen molar-refractivity contribution in [2.24, 2.45) is 0 Å². The average molecular weight is 355 g/mol.